The van der Waals surface area contributed by atoms with Gasteiger partial charge in [-0.15, -0.1) is 10.2 Å². The van der Waals surface area contributed by atoms with Crippen LogP contribution >= 0.6 is 0 Å². The van der Waals surface area contributed by atoms with Crippen molar-refractivity contribution in [1.82, 2.24) is 29.5 Å². The summed E-state index contributed by atoms with van der Waals surface area (Å²) in [5.74, 6) is -0.160. The molecule has 5 rings (SSSR count). The number of piperazine rings is 1. The summed E-state index contributed by atoms with van der Waals surface area (Å²) in [6.07, 6.45) is 7.91. The number of hydrogen-bond acceptors (Lipinski definition) is 4. The summed E-state index contributed by atoms with van der Waals surface area (Å²) in [6, 6.07) is 12.5. The average molecular weight is 447 g/mol. The fraction of sp³-hybridized carbons (Fsp3) is 0.320. The van der Waals surface area contributed by atoms with Gasteiger partial charge in [0, 0.05) is 49.0 Å². The van der Waals surface area contributed by atoms with Crippen LogP contribution in [0.15, 0.2) is 61.3 Å². The van der Waals surface area contributed by atoms with Crippen LogP contribution in [0.4, 0.5) is 4.39 Å². The second-order valence-corrected chi connectivity index (χ2v) is 8.54. The molecule has 8 heteroatoms. The number of halogens is 1. The first-order chi connectivity index (χ1) is 16.2. The van der Waals surface area contributed by atoms with Crippen LogP contribution in [0.5, 0.6) is 0 Å². The van der Waals surface area contributed by atoms with Crippen molar-refractivity contribution in [2.45, 2.75) is 19.3 Å². The minimum atomic E-state index is -0.275. The molecule has 3 heterocycles. The lowest BCUT2D eigenvalue weighted by atomic mass is 10.1. The molecule has 0 saturated carbocycles. The van der Waals surface area contributed by atoms with Crippen molar-refractivity contribution < 1.29 is 9.18 Å². The molecule has 1 aliphatic rings. The van der Waals surface area contributed by atoms with Crippen molar-refractivity contribution in [1.29, 1.82) is 0 Å². The molecule has 0 spiro atoms. The molecule has 4 aromatic rings. The van der Waals surface area contributed by atoms with Crippen molar-refractivity contribution in [2.75, 3.05) is 32.7 Å². The number of aromatic amines is 1. The van der Waals surface area contributed by atoms with Gasteiger partial charge in [-0.1, -0.05) is 12.1 Å². The lowest BCUT2D eigenvalue weighted by Crippen LogP contribution is -2.49. The maximum Gasteiger partial charge on any atom is 0.227 e. The van der Waals surface area contributed by atoms with Crippen molar-refractivity contribution in [3.8, 4) is 5.69 Å². The topological polar surface area (TPSA) is 70.1 Å². The van der Waals surface area contributed by atoms with Gasteiger partial charge in [-0.3, -0.25) is 14.3 Å². The summed E-state index contributed by atoms with van der Waals surface area (Å²) < 4.78 is 15.0. The molecule has 0 unspecified atom stereocenters. The number of carbonyl (C=O) groups excluding carboxylic acids is 1. The summed E-state index contributed by atoms with van der Waals surface area (Å²) in [5.41, 5.74) is 4.35. The van der Waals surface area contributed by atoms with Gasteiger partial charge in [-0.05, 0) is 60.8 Å². The number of aryl methyl sites for hydroxylation is 1. The Morgan fingerprint density at radius 3 is 2.52 bits per heavy atom. The molecule has 1 amide bonds. The van der Waals surface area contributed by atoms with Gasteiger partial charge in [0.15, 0.2) is 0 Å². The number of hydrogen-bond donors (Lipinski definition) is 1. The Morgan fingerprint density at radius 1 is 1.00 bits per heavy atom. The van der Waals surface area contributed by atoms with Crippen LogP contribution in [-0.2, 0) is 17.6 Å². The van der Waals surface area contributed by atoms with Gasteiger partial charge in [0.2, 0.25) is 5.91 Å². The number of nitrogens with zero attached hydrogens (tertiary/aromatic N) is 5. The van der Waals surface area contributed by atoms with Crippen LogP contribution in [0.2, 0.25) is 0 Å². The fourth-order valence-corrected chi connectivity index (χ4v) is 4.47. The van der Waals surface area contributed by atoms with Crippen molar-refractivity contribution in [3.05, 3.63) is 78.3 Å². The molecule has 2 aromatic carbocycles. The predicted molar refractivity (Wildman–Crippen MR) is 125 cm³/mol. The van der Waals surface area contributed by atoms with E-state index in [1.165, 1.54) is 23.1 Å². The summed E-state index contributed by atoms with van der Waals surface area (Å²) in [7, 11) is 0. The minimum Gasteiger partial charge on any atom is -0.361 e. The quantitative estimate of drug-likeness (QED) is 0.473. The number of benzene rings is 2. The molecule has 170 valence electrons. The third-order valence-corrected chi connectivity index (χ3v) is 6.38. The lowest BCUT2D eigenvalue weighted by molar-refractivity contribution is -0.132. The zero-order valence-corrected chi connectivity index (χ0v) is 18.5. The second-order valence-electron chi connectivity index (χ2n) is 8.54. The molecule has 7 nitrogen and oxygen atoms in total. The third kappa shape index (κ3) is 4.96. The number of amides is 1. The zero-order valence-electron chi connectivity index (χ0n) is 18.5. The van der Waals surface area contributed by atoms with Gasteiger partial charge in [0.1, 0.15) is 18.5 Å². The van der Waals surface area contributed by atoms with Crippen LogP contribution in [0.1, 0.15) is 17.5 Å². The Bertz CT molecular complexity index is 1210. The van der Waals surface area contributed by atoms with E-state index < -0.39 is 0 Å². The maximum atomic E-state index is 13.1. The number of carbonyl (C=O) groups is 1. The number of aromatic nitrogens is 4. The number of rotatable bonds is 7. The Morgan fingerprint density at radius 2 is 1.76 bits per heavy atom. The van der Waals surface area contributed by atoms with Crippen LogP contribution in [-0.4, -0.2) is 68.2 Å². The molecule has 33 heavy (non-hydrogen) atoms. The fourth-order valence-electron chi connectivity index (χ4n) is 4.47. The third-order valence-electron chi connectivity index (χ3n) is 6.38. The van der Waals surface area contributed by atoms with E-state index in [1.807, 2.05) is 9.47 Å². The molecule has 1 N–H and O–H groups in total. The van der Waals surface area contributed by atoms with Crippen LogP contribution in [0.3, 0.4) is 0 Å². The van der Waals surface area contributed by atoms with E-state index >= 15 is 0 Å². The molecule has 1 fully saturated rings. The molecule has 2 aromatic heterocycles. The first kappa shape index (κ1) is 21.3. The first-order valence-electron chi connectivity index (χ1n) is 11.4. The Kier molecular flexibility index (Phi) is 6.17. The molecule has 0 atom stereocenters. The van der Waals surface area contributed by atoms with Crippen molar-refractivity contribution >= 4 is 16.8 Å². The van der Waals surface area contributed by atoms with E-state index in [1.54, 1.807) is 24.8 Å². The van der Waals surface area contributed by atoms with Crippen molar-refractivity contribution in [2.24, 2.45) is 0 Å². The summed E-state index contributed by atoms with van der Waals surface area (Å²) in [6.45, 7) is 4.28. The largest absolute Gasteiger partial charge is 0.361 e. The zero-order chi connectivity index (χ0) is 22.6. The highest BCUT2D eigenvalue weighted by Gasteiger charge is 2.21. The lowest BCUT2D eigenvalue weighted by Gasteiger charge is -2.34. The molecule has 0 radical (unpaired) electrons. The number of nitrogens with one attached hydrogen (secondary N) is 1. The SMILES string of the molecule is O=C(Cc1ccc(F)cc1)N1CCN(CCCc2c[nH]c3ccc(-n4cnnc4)cc23)CC1. The highest BCUT2D eigenvalue weighted by Crippen LogP contribution is 2.23. The smallest absolute Gasteiger partial charge is 0.227 e. The molecule has 1 aliphatic heterocycles. The van der Waals surface area contributed by atoms with Gasteiger partial charge in [-0.2, -0.15) is 0 Å². The van der Waals surface area contributed by atoms with Gasteiger partial charge in [0.05, 0.1) is 6.42 Å². The predicted octanol–water partition coefficient (Wildman–Crippen LogP) is 3.21. The second kappa shape index (κ2) is 9.54. The van der Waals surface area contributed by atoms with Gasteiger partial charge in [0.25, 0.3) is 0 Å². The van der Waals surface area contributed by atoms with Gasteiger partial charge in [-0.25, -0.2) is 4.39 Å². The van der Waals surface area contributed by atoms with Gasteiger partial charge < -0.3 is 9.88 Å². The minimum absolute atomic E-state index is 0.115. The highest BCUT2D eigenvalue weighted by atomic mass is 19.1. The summed E-state index contributed by atoms with van der Waals surface area (Å²) in [5, 5.41) is 9.02. The van der Waals surface area contributed by atoms with Crippen LogP contribution < -0.4 is 0 Å². The number of H-pyrrole nitrogens is 1. The molecule has 0 aliphatic carbocycles. The molecular formula is C25H27FN6O. The van der Waals surface area contributed by atoms with E-state index in [0.29, 0.717) is 6.42 Å². The van der Waals surface area contributed by atoms with Crippen LogP contribution in [0.25, 0.3) is 16.6 Å². The monoisotopic (exact) mass is 446 g/mol. The van der Waals surface area contributed by atoms with Gasteiger partial charge >= 0.3 is 0 Å². The van der Waals surface area contributed by atoms with Crippen molar-refractivity contribution in [3.63, 3.8) is 0 Å². The van der Waals surface area contributed by atoms with E-state index in [2.05, 4.69) is 44.5 Å². The Labute approximate surface area is 191 Å². The first-order valence-corrected chi connectivity index (χ1v) is 11.4. The Balaban J connectivity index is 1.10. The maximum absolute atomic E-state index is 13.1. The molecular weight excluding hydrogens is 419 g/mol. The molecule has 0 bridgehead atoms. The van der Waals surface area contributed by atoms with E-state index in [9.17, 15) is 9.18 Å². The van der Waals surface area contributed by atoms with Crippen LogP contribution in [0, 0.1) is 5.82 Å². The van der Waals surface area contributed by atoms with E-state index in [-0.39, 0.29) is 11.7 Å². The highest BCUT2D eigenvalue weighted by molar-refractivity contribution is 5.85. The normalized spacial score (nSPS) is 14.8. The summed E-state index contributed by atoms with van der Waals surface area (Å²) >= 11 is 0. The van der Waals surface area contributed by atoms with E-state index in [0.717, 1.165) is 62.3 Å². The van der Waals surface area contributed by atoms with E-state index in [4.69, 9.17) is 0 Å². The average Bonchev–Trinajstić information content (AvgIpc) is 3.51. The Hall–Kier alpha value is -3.52. The standard InChI is InChI=1S/C25H27FN6O/c26-21-5-3-19(4-6-21)14-25(33)31-12-10-30(11-13-31)9-1-2-20-16-27-24-8-7-22(15-23(20)24)32-17-28-29-18-32/h3-8,15-18,27H,1-2,9-14H2. The molecule has 1 saturated heterocycles. The number of fused-ring (bicyclic) bond motifs is 1. The summed E-state index contributed by atoms with van der Waals surface area (Å²) in [4.78, 5) is 20.3.